The Hall–Kier alpha value is -3.96. The Morgan fingerprint density at radius 1 is 1.04 bits per heavy atom. The highest BCUT2D eigenvalue weighted by atomic mass is 32.1. The summed E-state index contributed by atoms with van der Waals surface area (Å²) in [6, 6.07) is 5.85. The molecule has 5 atom stereocenters. The Morgan fingerprint density at radius 3 is 2.61 bits per heavy atom. The molecule has 16 heteroatoms. The number of aromatic nitrogens is 7. The van der Waals surface area contributed by atoms with Gasteiger partial charge in [-0.05, 0) is 66.7 Å². The number of ether oxygens (including phenoxy) is 1. The van der Waals surface area contributed by atoms with E-state index in [0.29, 0.717) is 37.0 Å². The van der Waals surface area contributed by atoms with Crippen molar-refractivity contribution in [1.82, 2.24) is 34.1 Å². The second-order valence-electron chi connectivity index (χ2n) is 11.9. The Balaban J connectivity index is 1.10. The van der Waals surface area contributed by atoms with Crippen molar-refractivity contribution in [3.8, 4) is 5.88 Å². The van der Waals surface area contributed by atoms with E-state index in [9.17, 15) is 5.11 Å². The van der Waals surface area contributed by atoms with Gasteiger partial charge in [0.25, 0.3) is 0 Å². The van der Waals surface area contributed by atoms with Crippen molar-refractivity contribution < 1.29 is 9.84 Å². The molecular weight excluding hydrogens is 643 g/mol. The van der Waals surface area contributed by atoms with E-state index in [0.717, 1.165) is 55.5 Å². The standard InChI is InChI=1S/C30H33N11O2S3/c1-15-9-24(46-39-15)41(30-36-21-5-7-44-25(21)27(37-30)33-16-3-4-18(42)10-16)23-12-19(11-20(23)31)43-28-26-22(6-8-45-26)35-29(38-28)34-17-13-32-40(2)14-17/h5-9,13-14,16,18-20,23,42H,3-4,10-12,31H2,1-2H3,(H,33,36,37)(H,34,35,38)/t16-,18+,19+,20-,23?/m0/s1. The molecule has 0 saturated heterocycles. The lowest BCUT2D eigenvalue weighted by Gasteiger charge is -2.30. The molecule has 2 saturated carbocycles. The molecule has 0 radical (unpaired) electrons. The Bertz CT molecular complexity index is 2000. The first-order valence-electron chi connectivity index (χ1n) is 15.2. The van der Waals surface area contributed by atoms with Gasteiger partial charge in [-0.1, -0.05) is 0 Å². The van der Waals surface area contributed by atoms with Crippen molar-refractivity contribution in [1.29, 1.82) is 0 Å². The number of rotatable bonds is 9. The number of anilines is 5. The Kier molecular flexibility index (Phi) is 7.68. The zero-order chi connectivity index (χ0) is 31.4. The van der Waals surface area contributed by atoms with Gasteiger partial charge in [0, 0.05) is 38.2 Å². The fourth-order valence-corrected chi connectivity index (χ4v) is 8.72. The Morgan fingerprint density at radius 2 is 1.87 bits per heavy atom. The van der Waals surface area contributed by atoms with E-state index in [-0.39, 0.29) is 30.3 Å². The van der Waals surface area contributed by atoms with Crippen LogP contribution in [0.3, 0.4) is 0 Å². The van der Waals surface area contributed by atoms with Crippen molar-refractivity contribution in [3.05, 3.63) is 47.0 Å². The first-order valence-corrected chi connectivity index (χ1v) is 17.7. The highest BCUT2D eigenvalue weighted by Crippen LogP contribution is 2.40. The molecule has 6 aromatic heterocycles. The molecule has 1 unspecified atom stereocenters. The molecule has 0 amide bonds. The lowest BCUT2D eigenvalue weighted by atomic mass is 10.1. The quantitative estimate of drug-likeness (QED) is 0.156. The summed E-state index contributed by atoms with van der Waals surface area (Å²) < 4.78 is 14.8. The average Bonchev–Trinajstić information content (AvgIpc) is 3.86. The van der Waals surface area contributed by atoms with Gasteiger partial charge in [0.2, 0.25) is 17.8 Å². The third-order valence-corrected chi connectivity index (χ3v) is 11.2. The molecule has 6 aromatic rings. The van der Waals surface area contributed by atoms with Crippen molar-refractivity contribution in [2.45, 2.75) is 69.4 Å². The van der Waals surface area contributed by atoms with Crippen LogP contribution in [-0.4, -0.2) is 69.5 Å². The number of hydrogen-bond acceptors (Lipinski definition) is 15. The number of nitrogens with zero attached hydrogens (tertiary/aromatic N) is 8. The molecule has 0 spiro atoms. The van der Waals surface area contributed by atoms with E-state index in [1.54, 1.807) is 33.6 Å². The number of nitrogens with two attached hydrogens (primary N) is 1. The molecule has 0 bridgehead atoms. The summed E-state index contributed by atoms with van der Waals surface area (Å²) in [5, 5.41) is 26.2. The molecule has 238 valence electrons. The summed E-state index contributed by atoms with van der Waals surface area (Å²) in [4.78, 5) is 21.7. The molecule has 6 heterocycles. The molecule has 2 aliphatic rings. The number of hydrogen-bond donors (Lipinski definition) is 4. The van der Waals surface area contributed by atoms with Crippen LogP contribution in [-0.2, 0) is 7.05 Å². The molecule has 5 N–H and O–H groups in total. The maximum atomic E-state index is 10.2. The van der Waals surface area contributed by atoms with E-state index in [1.807, 2.05) is 43.1 Å². The summed E-state index contributed by atoms with van der Waals surface area (Å²) >= 11 is 4.58. The topological polar surface area (TPSA) is 165 Å². The van der Waals surface area contributed by atoms with Gasteiger partial charge in [-0.2, -0.15) is 19.4 Å². The first-order chi connectivity index (χ1) is 22.4. The zero-order valence-electron chi connectivity index (χ0n) is 25.2. The van der Waals surface area contributed by atoms with Gasteiger partial charge in [-0.3, -0.25) is 9.58 Å². The molecule has 0 aliphatic heterocycles. The predicted octanol–water partition coefficient (Wildman–Crippen LogP) is 5.34. The van der Waals surface area contributed by atoms with Gasteiger partial charge >= 0.3 is 0 Å². The molecular formula is C30H33N11O2S3. The van der Waals surface area contributed by atoms with Crippen LogP contribution in [0.15, 0.2) is 41.4 Å². The van der Waals surface area contributed by atoms with Crippen molar-refractivity contribution in [2.75, 3.05) is 15.5 Å². The molecule has 2 aliphatic carbocycles. The minimum absolute atomic E-state index is 0.143. The minimum Gasteiger partial charge on any atom is -0.473 e. The summed E-state index contributed by atoms with van der Waals surface area (Å²) in [6.07, 6.45) is 6.79. The van der Waals surface area contributed by atoms with Crippen LogP contribution < -0.4 is 26.0 Å². The van der Waals surface area contributed by atoms with Crippen molar-refractivity contribution in [2.24, 2.45) is 12.8 Å². The number of nitrogens with one attached hydrogen (secondary N) is 2. The average molecular weight is 676 g/mol. The Labute approximate surface area is 276 Å². The molecule has 8 rings (SSSR count). The largest absolute Gasteiger partial charge is 0.473 e. The maximum Gasteiger partial charge on any atom is 0.236 e. The lowest BCUT2D eigenvalue weighted by molar-refractivity contribution is 0.182. The smallest absolute Gasteiger partial charge is 0.236 e. The SMILES string of the molecule is Cc1cc(N(c2nc(N[C@H]3CC[C@@H](O)C3)c3sccc3n2)C2C[C@H](Oc3nc(Nc4cnn(C)c4)nc4ccsc34)C[C@@H]2N)sn1. The van der Waals surface area contributed by atoms with E-state index in [2.05, 4.69) is 36.1 Å². The molecule has 13 nitrogen and oxygen atoms in total. The number of aliphatic hydroxyl groups is 1. The number of fused-ring (bicyclic) bond motifs is 2. The van der Waals surface area contributed by atoms with Crippen LogP contribution in [0.4, 0.5) is 28.4 Å². The third kappa shape index (κ3) is 5.75. The third-order valence-electron chi connectivity index (χ3n) is 8.48. The van der Waals surface area contributed by atoms with Crippen LogP contribution in [0.5, 0.6) is 5.88 Å². The van der Waals surface area contributed by atoms with Gasteiger partial charge in [0.1, 0.15) is 21.6 Å². The van der Waals surface area contributed by atoms with Gasteiger partial charge in [0.15, 0.2) is 0 Å². The summed E-state index contributed by atoms with van der Waals surface area (Å²) in [6.45, 7) is 1.98. The fraction of sp³-hybridized carbons (Fsp3) is 0.400. The van der Waals surface area contributed by atoms with Crippen LogP contribution in [0.2, 0.25) is 0 Å². The van der Waals surface area contributed by atoms with Crippen LogP contribution in [0.1, 0.15) is 37.8 Å². The summed E-state index contributed by atoms with van der Waals surface area (Å²) in [5.74, 6) is 2.34. The van der Waals surface area contributed by atoms with Gasteiger partial charge in [-0.25, -0.2) is 9.97 Å². The van der Waals surface area contributed by atoms with Gasteiger partial charge in [0.05, 0.1) is 45.5 Å². The van der Waals surface area contributed by atoms with E-state index < -0.39 is 0 Å². The molecule has 0 aromatic carbocycles. The van der Waals surface area contributed by atoms with E-state index in [4.69, 9.17) is 25.4 Å². The predicted molar refractivity (Wildman–Crippen MR) is 183 cm³/mol. The lowest BCUT2D eigenvalue weighted by Crippen LogP contribution is -2.42. The van der Waals surface area contributed by atoms with Crippen molar-refractivity contribution in [3.63, 3.8) is 0 Å². The first kappa shape index (κ1) is 29.4. The summed E-state index contributed by atoms with van der Waals surface area (Å²) in [7, 11) is 1.86. The second kappa shape index (κ2) is 12.0. The van der Waals surface area contributed by atoms with Crippen LogP contribution in [0, 0.1) is 6.92 Å². The van der Waals surface area contributed by atoms with Gasteiger partial charge < -0.3 is 26.2 Å². The van der Waals surface area contributed by atoms with Crippen molar-refractivity contribution >= 4 is 83.0 Å². The van der Waals surface area contributed by atoms with E-state index >= 15 is 0 Å². The van der Waals surface area contributed by atoms with E-state index in [1.165, 1.54) is 11.5 Å². The van der Waals surface area contributed by atoms with Gasteiger partial charge in [-0.15, -0.1) is 22.7 Å². The zero-order valence-corrected chi connectivity index (χ0v) is 27.6. The molecule has 46 heavy (non-hydrogen) atoms. The summed E-state index contributed by atoms with van der Waals surface area (Å²) in [5.41, 5.74) is 10.3. The highest BCUT2D eigenvalue weighted by molar-refractivity contribution is 7.18. The normalized spacial score (nSPS) is 23.0. The van der Waals surface area contributed by atoms with Crippen LogP contribution >= 0.6 is 34.2 Å². The monoisotopic (exact) mass is 675 g/mol. The minimum atomic E-state index is -0.282. The fourth-order valence-electron chi connectivity index (χ4n) is 6.35. The maximum absolute atomic E-state index is 10.2. The van der Waals surface area contributed by atoms with Crippen LogP contribution in [0.25, 0.3) is 20.4 Å². The molecule has 2 fully saturated rings. The number of aryl methyl sites for hydroxylation is 2. The highest BCUT2D eigenvalue weighted by Gasteiger charge is 2.40. The number of aliphatic hydroxyl groups excluding tert-OH is 1. The second-order valence-corrected chi connectivity index (χ2v) is 14.6. The number of thiophene rings is 2.